The summed E-state index contributed by atoms with van der Waals surface area (Å²) in [6, 6.07) is 5.54. The molecule has 3 unspecified atom stereocenters. The molecule has 2 bridgehead atoms. The second-order valence-electron chi connectivity index (χ2n) is 10.2. The molecule has 0 aliphatic carbocycles. The van der Waals surface area contributed by atoms with Gasteiger partial charge in [-0.2, -0.15) is 0 Å². The van der Waals surface area contributed by atoms with Crippen LogP contribution in [0.5, 0.6) is 0 Å². The van der Waals surface area contributed by atoms with Crippen molar-refractivity contribution in [2.75, 3.05) is 18.5 Å². The van der Waals surface area contributed by atoms with Gasteiger partial charge in [-0.05, 0) is 49.4 Å². The molecule has 0 saturated carbocycles. The summed E-state index contributed by atoms with van der Waals surface area (Å²) in [6.07, 6.45) is 1.97. The van der Waals surface area contributed by atoms with E-state index in [9.17, 15) is 19.5 Å². The van der Waals surface area contributed by atoms with Gasteiger partial charge < -0.3 is 20.6 Å². The number of carbonyl (C=O) groups is 3. The largest absolute Gasteiger partial charge is 0.394 e. The lowest BCUT2D eigenvalue weighted by Gasteiger charge is -2.37. The lowest BCUT2D eigenvalue weighted by Crippen LogP contribution is -2.55. The number of rotatable bonds is 9. The number of likely N-dealkylation sites (tertiary alicyclic amines) is 1. The predicted molar refractivity (Wildman–Crippen MR) is 143 cm³/mol. The maximum atomic E-state index is 14.1. The summed E-state index contributed by atoms with van der Waals surface area (Å²) < 4.78 is -0.745. The first kappa shape index (κ1) is 26.8. The molecule has 1 aromatic carbocycles. The van der Waals surface area contributed by atoms with Gasteiger partial charge in [0.25, 0.3) is 0 Å². The van der Waals surface area contributed by atoms with E-state index in [2.05, 4.69) is 26.6 Å². The molecule has 7 atom stereocenters. The van der Waals surface area contributed by atoms with Crippen LogP contribution < -0.4 is 10.6 Å². The Morgan fingerprint density at radius 1 is 1.29 bits per heavy atom. The summed E-state index contributed by atoms with van der Waals surface area (Å²) in [5.74, 6) is -1.54. The van der Waals surface area contributed by atoms with E-state index in [1.165, 1.54) is 0 Å². The van der Waals surface area contributed by atoms with Crippen LogP contribution in [0, 0.1) is 17.8 Å². The number of benzene rings is 1. The van der Waals surface area contributed by atoms with Crippen molar-refractivity contribution in [2.24, 2.45) is 17.8 Å². The van der Waals surface area contributed by atoms with Gasteiger partial charge in [0.1, 0.15) is 6.04 Å². The number of hydrogen-bond acceptors (Lipinski definition) is 5. The van der Waals surface area contributed by atoms with Gasteiger partial charge in [-0.15, -0.1) is 11.8 Å². The number of alkyl halides is 1. The molecule has 3 aliphatic heterocycles. The minimum atomic E-state index is -0.800. The van der Waals surface area contributed by atoms with Crippen molar-refractivity contribution in [2.45, 2.75) is 66.9 Å². The molecule has 3 heterocycles. The molecule has 192 valence electrons. The molecule has 3 aliphatic rings. The molecule has 10 heteroatoms. The SMILES string of the molecule is CCCNC(=O)[C@H]1[C@@H]2SC3(CC2Br)C(C(=O)Nc2ccc(Cl)cc2)N([C@@H](CO)CC(C)C)C(=O)[C@H]13. The van der Waals surface area contributed by atoms with E-state index in [4.69, 9.17) is 11.6 Å². The van der Waals surface area contributed by atoms with Crippen LogP contribution in [0.25, 0.3) is 0 Å². The number of carbonyl (C=O) groups excluding carboxylic acids is 3. The number of fused-ring (bicyclic) bond motifs is 1. The Bertz CT molecular complexity index is 980. The highest BCUT2D eigenvalue weighted by molar-refractivity contribution is 9.09. The van der Waals surface area contributed by atoms with Gasteiger partial charge in [-0.1, -0.05) is 48.3 Å². The van der Waals surface area contributed by atoms with Gasteiger partial charge in [0.15, 0.2) is 0 Å². The summed E-state index contributed by atoms with van der Waals surface area (Å²) in [4.78, 5) is 42.8. The maximum Gasteiger partial charge on any atom is 0.248 e. The quantitative estimate of drug-likeness (QED) is 0.384. The van der Waals surface area contributed by atoms with E-state index in [1.54, 1.807) is 40.9 Å². The van der Waals surface area contributed by atoms with Crippen LogP contribution >= 0.6 is 39.3 Å². The average molecular weight is 587 g/mol. The number of aliphatic hydroxyl groups excluding tert-OH is 1. The molecule has 3 amide bonds. The van der Waals surface area contributed by atoms with Crippen LogP contribution in [0.15, 0.2) is 24.3 Å². The molecule has 1 aromatic rings. The number of aliphatic hydroxyl groups is 1. The van der Waals surface area contributed by atoms with Crippen LogP contribution in [0.4, 0.5) is 5.69 Å². The zero-order valence-corrected chi connectivity index (χ0v) is 23.3. The Balaban J connectivity index is 1.75. The smallest absolute Gasteiger partial charge is 0.248 e. The second-order valence-corrected chi connectivity index (χ2v) is 13.3. The molecule has 3 saturated heterocycles. The van der Waals surface area contributed by atoms with E-state index < -0.39 is 28.7 Å². The van der Waals surface area contributed by atoms with Crippen LogP contribution in [-0.2, 0) is 14.4 Å². The Morgan fingerprint density at radius 2 is 1.97 bits per heavy atom. The molecule has 0 aromatic heterocycles. The van der Waals surface area contributed by atoms with Crippen LogP contribution in [-0.4, -0.2) is 67.8 Å². The van der Waals surface area contributed by atoms with E-state index in [1.807, 2.05) is 20.8 Å². The summed E-state index contributed by atoms with van der Waals surface area (Å²) in [5.41, 5.74) is 0.584. The molecule has 7 nitrogen and oxygen atoms in total. The van der Waals surface area contributed by atoms with E-state index in [0.717, 1.165) is 6.42 Å². The molecule has 3 N–H and O–H groups in total. The number of nitrogens with zero attached hydrogens (tertiary/aromatic N) is 1. The zero-order valence-electron chi connectivity index (χ0n) is 20.2. The van der Waals surface area contributed by atoms with Crippen LogP contribution in [0.1, 0.15) is 40.0 Å². The minimum absolute atomic E-state index is 0.0115. The van der Waals surface area contributed by atoms with E-state index in [0.29, 0.717) is 30.1 Å². The Hall–Kier alpha value is -1.29. The van der Waals surface area contributed by atoms with Gasteiger partial charge in [-0.25, -0.2) is 0 Å². The lowest BCUT2D eigenvalue weighted by atomic mass is 9.70. The minimum Gasteiger partial charge on any atom is -0.394 e. The molecule has 4 rings (SSSR count). The van der Waals surface area contributed by atoms with Crippen molar-refractivity contribution in [1.82, 2.24) is 10.2 Å². The Kier molecular flexibility index (Phi) is 8.10. The van der Waals surface area contributed by atoms with Crippen molar-refractivity contribution in [3.63, 3.8) is 0 Å². The highest BCUT2D eigenvalue weighted by Crippen LogP contribution is 2.68. The van der Waals surface area contributed by atoms with E-state index in [-0.39, 0.29) is 40.3 Å². The summed E-state index contributed by atoms with van der Waals surface area (Å²) >= 11 is 11.4. The molecule has 0 radical (unpaired) electrons. The molecule has 35 heavy (non-hydrogen) atoms. The third-order valence-corrected chi connectivity index (χ3v) is 10.8. The zero-order chi connectivity index (χ0) is 25.5. The lowest BCUT2D eigenvalue weighted by molar-refractivity contribution is -0.142. The fourth-order valence-electron chi connectivity index (χ4n) is 5.99. The topological polar surface area (TPSA) is 98.7 Å². The van der Waals surface area contributed by atoms with Crippen molar-refractivity contribution in [3.8, 4) is 0 Å². The van der Waals surface area contributed by atoms with Crippen molar-refractivity contribution < 1.29 is 19.5 Å². The third-order valence-electron chi connectivity index (χ3n) is 7.29. The average Bonchev–Trinajstić information content (AvgIpc) is 3.40. The number of halogens is 2. The fourth-order valence-corrected chi connectivity index (χ4v) is 9.72. The number of amides is 3. The van der Waals surface area contributed by atoms with Gasteiger partial charge in [-0.3, -0.25) is 14.4 Å². The predicted octanol–water partition coefficient (Wildman–Crippen LogP) is 3.68. The first-order chi connectivity index (χ1) is 16.6. The van der Waals surface area contributed by atoms with Crippen molar-refractivity contribution in [3.05, 3.63) is 29.3 Å². The van der Waals surface area contributed by atoms with Crippen LogP contribution in [0.3, 0.4) is 0 Å². The summed E-state index contributed by atoms with van der Waals surface area (Å²) in [5, 5.41) is 16.7. The Labute approximate surface area is 224 Å². The number of hydrogen-bond donors (Lipinski definition) is 3. The first-order valence-electron chi connectivity index (χ1n) is 12.2. The molecular formula is C25H33BrClN3O4S. The van der Waals surface area contributed by atoms with Gasteiger partial charge in [0, 0.05) is 27.3 Å². The number of thioether (sulfide) groups is 1. The fraction of sp³-hybridized carbons (Fsp3) is 0.640. The van der Waals surface area contributed by atoms with E-state index >= 15 is 0 Å². The highest BCUT2D eigenvalue weighted by atomic mass is 79.9. The van der Waals surface area contributed by atoms with Crippen molar-refractivity contribution >= 4 is 62.7 Å². The molecule has 3 fully saturated rings. The second kappa shape index (κ2) is 10.6. The highest BCUT2D eigenvalue weighted by Gasteiger charge is 2.76. The number of nitrogens with one attached hydrogen (secondary N) is 2. The van der Waals surface area contributed by atoms with Crippen LogP contribution in [0.2, 0.25) is 5.02 Å². The van der Waals surface area contributed by atoms with Gasteiger partial charge >= 0.3 is 0 Å². The van der Waals surface area contributed by atoms with Gasteiger partial charge in [0.05, 0.1) is 29.2 Å². The monoisotopic (exact) mass is 585 g/mol. The normalized spacial score (nSPS) is 32.1. The summed E-state index contributed by atoms with van der Waals surface area (Å²) in [7, 11) is 0. The number of anilines is 1. The van der Waals surface area contributed by atoms with Crippen molar-refractivity contribution in [1.29, 1.82) is 0 Å². The molecule has 1 spiro atoms. The first-order valence-corrected chi connectivity index (χ1v) is 14.4. The van der Waals surface area contributed by atoms with Gasteiger partial charge in [0.2, 0.25) is 17.7 Å². The molecular weight excluding hydrogens is 554 g/mol. The standard InChI is InChI=1S/C25H33BrClN3O4S/c1-4-9-28-22(32)18-19-24(34)30(16(12-31)10-13(2)3)21(25(19)11-17(26)20(18)35-25)23(33)29-15-7-5-14(27)6-8-15/h5-8,13,16-21,31H,4,9-12H2,1-3H3,(H,28,32)(H,29,33)/t16-,17?,18-,19+,20-,21?,25?/m1/s1. The Morgan fingerprint density at radius 3 is 2.57 bits per heavy atom. The third kappa shape index (κ3) is 4.74. The summed E-state index contributed by atoms with van der Waals surface area (Å²) in [6.45, 7) is 6.35. The maximum absolute atomic E-state index is 14.1.